The minimum atomic E-state index is 0.457. The van der Waals surface area contributed by atoms with Gasteiger partial charge in [0.1, 0.15) is 5.75 Å². The minimum Gasteiger partial charge on any atom is -0.497 e. The average molecular weight is 282 g/mol. The Bertz CT molecular complexity index is 438. The monoisotopic (exact) mass is 281 g/mol. The van der Waals surface area contributed by atoms with Crippen molar-refractivity contribution in [2.45, 2.75) is 20.3 Å². The molecule has 0 unspecified atom stereocenters. The smallest absolute Gasteiger partial charge is 0.120 e. The molecule has 1 aliphatic heterocycles. The molecular formula is C13H16BrNO. The largest absolute Gasteiger partial charge is 0.497 e. The van der Waals surface area contributed by atoms with Crippen molar-refractivity contribution in [2.24, 2.45) is 10.9 Å². The Morgan fingerprint density at radius 2 is 2.12 bits per heavy atom. The van der Waals surface area contributed by atoms with E-state index in [1.165, 1.54) is 16.8 Å². The summed E-state index contributed by atoms with van der Waals surface area (Å²) in [4.78, 5) is 4.63. The zero-order chi connectivity index (χ0) is 11.7. The van der Waals surface area contributed by atoms with E-state index in [1.807, 2.05) is 6.07 Å². The fourth-order valence-corrected chi connectivity index (χ4v) is 2.72. The molecule has 1 heterocycles. The maximum Gasteiger partial charge on any atom is 0.120 e. The summed E-state index contributed by atoms with van der Waals surface area (Å²) in [5.41, 5.74) is 3.80. The van der Waals surface area contributed by atoms with Gasteiger partial charge in [-0.2, -0.15) is 0 Å². The van der Waals surface area contributed by atoms with E-state index in [0.717, 1.165) is 23.2 Å². The third-order valence-corrected chi connectivity index (χ3v) is 3.58. The zero-order valence-corrected chi connectivity index (χ0v) is 11.5. The van der Waals surface area contributed by atoms with Crippen molar-refractivity contribution in [3.05, 3.63) is 27.7 Å². The maximum atomic E-state index is 5.30. The number of fused-ring (bicyclic) bond motifs is 1. The van der Waals surface area contributed by atoms with Gasteiger partial charge in [0.2, 0.25) is 0 Å². The lowest BCUT2D eigenvalue weighted by atomic mass is 9.91. The Balaban J connectivity index is 2.57. The lowest BCUT2D eigenvalue weighted by Crippen LogP contribution is -2.18. The van der Waals surface area contributed by atoms with Gasteiger partial charge in [0.05, 0.1) is 7.11 Å². The van der Waals surface area contributed by atoms with Crippen molar-refractivity contribution >= 4 is 21.6 Å². The fraction of sp³-hybridized carbons (Fsp3) is 0.462. The molecule has 2 rings (SSSR count). The Hall–Kier alpha value is -0.830. The van der Waals surface area contributed by atoms with Gasteiger partial charge in [0.15, 0.2) is 0 Å². The number of hydrogen-bond acceptors (Lipinski definition) is 2. The van der Waals surface area contributed by atoms with Crippen LogP contribution >= 0.6 is 15.9 Å². The van der Waals surface area contributed by atoms with Crippen LogP contribution in [0.5, 0.6) is 5.75 Å². The summed E-state index contributed by atoms with van der Waals surface area (Å²) in [6, 6.07) is 4.13. The van der Waals surface area contributed by atoms with Gasteiger partial charge in [-0.3, -0.25) is 4.99 Å². The van der Waals surface area contributed by atoms with Crippen molar-refractivity contribution in [2.75, 3.05) is 13.7 Å². The second-order valence-electron chi connectivity index (χ2n) is 4.31. The highest BCUT2D eigenvalue weighted by Gasteiger charge is 2.19. The van der Waals surface area contributed by atoms with Crippen LogP contribution in [0.15, 0.2) is 21.6 Å². The van der Waals surface area contributed by atoms with E-state index in [4.69, 9.17) is 4.74 Å². The summed E-state index contributed by atoms with van der Waals surface area (Å²) >= 11 is 3.62. The minimum absolute atomic E-state index is 0.457. The molecule has 1 aliphatic rings. The van der Waals surface area contributed by atoms with Crippen LogP contribution in [0.3, 0.4) is 0 Å². The first kappa shape index (κ1) is 11.6. The molecule has 3 heteroatoms. The van der Waals surface area contributed by atoms with Crippen LogP contribution in [0.1, 0.15) is 25.0 Å². The normalized spacial score (nSPS) is 14.7. The molecule has 0 spiro atoms. The van der Waals surface area contributed by atoms with Crippen LogP contribution in [0.4, 0.5) is 0 Å². The standard InChI is InChI=1S/C13H16BrNO/c1-8(2)13-11-6-9(16-3)7-12(14)10(11)4-5-15-13/h6-8H,4-5H2,1-3H3. The summed E-state index contributed by atoms with van der Waals surface area (Å²) in [5.74, 6) is 1.35. The second-order valence-corrected chi connectivity index (χ2v) is 5.16. The van der Waals surface area contributed by atoms with Crippen LogP contribution in [0, 0.1) is 5.92 Å². The summed E-state index contributed by atoms with van der Waals surface area (Å²) in [6.45, 7) is 5.26. The van der Waals surface area contributed by atoms with Crippen molar-refractivity contribution in [3.63, 3.8) is 0 Å². The Labute approximate surface area is 105 Å². The summed E-state index contributed by atoms with van der Waals surface area (Å²) < 4.78 is 6.44. The second kappa shape index (κ2) is 4.58. The van der Waals surface area contributed by atoms with Gasteiger partial charge < -0.3 is 4.74 Å². The molecule has 0 aliphatic carbocycles. The van der Waals surface area contributed by atoms with E-state index in [1.54, 1.807) is 7.11 Å². The summed E-state index contributed by atoms with van der Waals surface area (Å²) in [7, 11) is 1.70. The predicted molar refractivity (Wildman–Crippen MR) is 70.6 cm³/mol. The van der Waals surface area contributed by atoms with E-state index >= 15 is 0 Å². The number of nitrogens with zero attached hydrogens (tertiary/aromatic N) is 1. The molecule has 16 heavy (non-hydrogen) atoms. The third kappa shape index (κ3) is 2.01. The molecule has 0 fully saturated rings. The molecule has 0 saturated carbocycles. The van der Waals surface area contributed by atoms with Gasteiger partial charge in [0, 0.05) is 22.3 Å². The van der Waals surface area contributed by atoms with Crippen LogP contribution in [0.25, 0.3) is 0 Å². The molecule has 0 amide bonds. The highest BCUT2D eigenvalue weighted by molar-refractivity contribution is 9.10. The first-order chi connectivity index (χ1) is 7.63. The van der Waals surface area contributed by atoms with Gasteiger partial charge in [-0.05, 0) is 30.0 Å². The predicted octanol–water partition coefficient (Wildman–Crippen LogP) is 3.46. The lowest BCUT2D eigenvalue weighted by Gasteiger charge is -2.21. The van der Waals surface area contributed by atoms with E-state index in [9.17, 15) is 0 Å². The highest BCUT2D eigenvalue weighted by atomic mass is 79.9. The molecule has 0 saturated heterocycles. The average Bonchev–Trinajstić information content (AvgIpc) is 2.28. The van der Waals surface area contributed by atoms with Crippen LogP contribution in [-0.2, 0) is 6.42 Å². The van der Waals surface area contributed by atoms with E-state index in [0.29, 0.717) is 5.92 Å². The molecule has 0 aromatic heterocycles. The number of rotatable bonds is 2. The van der Waals surface area contributed by atoms with Crippen LogP contribution in [-0.4, -0.2) is 19.4 Å². The van der Waals surface area contributed by atoms with E-state index < -0.39 is 0 Å². The van der Waals surface area contributed by atoms with Gasteiger partial charge in [-0.1, -0.05) is 29.8 Å². The van der Waals surface area contributed by atoms with E-state index in [-0.39, 0.29) is 0 Å². The molecule has 1 aromatic carbocycles. The SMILES string of the molecule is COc1cc(Br)c2c(c1)C(C(C)C)=NCC2. The van der Waals surface area contributed by atoms with Gasteiger partial charge in [-0.15, -0.1) is 0 Å². The Morgan fingerprint density at radius 3 is 2.75 bits per heavy atom. The quantitative estimate of drug-likeness (QED) is 0.814. The number of ether oxygens (including phenoxy) is 1. The Kier molecular flexibility index (Phi) is 3.33. The lowest BCUT2D eigenvalue weighted by molar-refractivity contribution is 0.414. The number of hydrogen-bond donors (Lipinski definition) is 0. The molecular weight excluding hydrogens is 266 g/mol. The molecule has 0 atom stereocenters. The number of benzene rings is 1. The summed E-state index contributed by atoms with van der Waals surface area (Å²) in [5, 5.41) is 0. The van der Waals surface area contributed by atoms with Crippen molar-refractivity contribution in [1.29, 1.82) is 0 Å². The van der Waals surface area contributed by atoms with Gasteiger partial charge >= 0.3 is 0 Å². The zero-order valence-electron chi connectivity index (χ0n) is 9.88. The number of methoxy groups -OCH3 is 1. The molecule has 1 aromatic rings. The molecule has 2 nitrogen and oxygen atoms in total. The van der Waals surface area contributed by atoms with Crippen LogP contribution in [0.2, 0.25) is 0 Å². The summed E-state index contributed by atoms with van der Waals surface area (Å²) in [6.07, 6.45) is 1.01. The molecule has 0 bridgehead atoms. The van der Waals surface area contributed by atoms with Gasteiger partial charge in [-0.25, -0.2) is 0 Å². The Morgan fingerprint density at radius 1 is 1.38 bits per heavy atom. The third-order valence-electron chi connectivity index (χ3n) is 2.87. The van der Waals surface area contributed by atoms with Crippen molar-refractivity contribution in [3.8, 4) is 5.75 Å². The molecule has 86 valence electrons. The molecule has 0 N–H and O–H groups in total. The maximum absolute atomic E-state index is 5.30. The van der Waals surface area contributed by atoms with Crippen molar-refractivity contribution < 1.29 is 4.74 Å². The highest BCUT2D eigenvalue weighted by Crippen LogP contribution is 2.31. The van der Waals surface area contributed by atoms with E-state index in [2.05, 4.69) is 40.8 Å². The van der Waals surface area contributed by atoms with Crippen molar-refractivity contribution in [1.82, 2.24) is 0 Å². The molecule has 0 radical (unpaired) electrons. The van der Waals surface area contributed by atoms with Crippen LogP contribution < -0.4 is 4.74 Å². The first-order valence-electron chi connectivity index (χ1n) is 5.54. The van der Waals surface area contributed by atoms with Gasteiger partial charge in [0.25, 0.3) is 0 Å². The number of halogens is 1. The first-order valence-corrected chi connectivity index (χ1v) is 6.34. The number of aliphatic imine (C=N–C) groups is 1. The fourth-order valence-electron chi connectivity index (χ4n) is 2.08. The topological polar surface area (TPSA) is 21.6 Å².